The van der Waals surface area contributed by atoms with Gasteiger partial charge in [-0.15, -0.1) is 0 Å². The van der Waals surface area contributed by atoms with Gasteiger partial charge >= 0.3 is 0 Å². The third-order valence-electron chi connectivity index (χ3n) is 4.78. The predicted octanol–water partition coefficient (Wildman–Crippen LogP) is 6.11. The number of ketones is 1. The first-order chi connectivity index (χ1) is 13.1. The number of aryl methyl sites for hydroxylation is 1. The van der Waals surface area contributed by atoms with Crippen LogP contribution < -0.4 is 0 Å². The summed E-state index contributed by atoms with van der Waals surface area (Å²) in [7, 11) is 0. The Morgan fingerprint density at radius 2 is 1.52 bits per heavy atom. The van der Waals surface area contributed by atoms with Crippen molar-refractivity contribution in [2.45, 2.75) is 25.7 Å². The largest absolute Gasteiger partial charge is 0.508 e. The zero-order valence-electron chi connectivity index (χ0n) is 15.1. The maximum absolute atomic E-state index is 13.1. The van der Waals surface area contributed by atoms with Crippen molar-refractivity contribution in [2.24, 2.45) is 5.92 Å². The number of phenolic OH excluding ortho intramolecular Hbond substituents is 1. The van der Waals surface area contributed by atoms with E-state index in [1.165, 1.54) is 5.56 Å². The van der Waals surface area contributed by atoms with Crippen LogP contribution in [0.5, 0.6) is 5.75 Å². The van der Waals surface area contributed by atoms with Gasteiger partial charge in [-0.25, -0.2) is 0 Å². The molecule has 1 unspecified atom stereocenters. The van der Waals surface area contributed by atoms with Crippen LogP contribution in [0.3, 0.4) is 0 Å². The van der Waals surface area contributed by atoms with Crippen LogP contribution in [0.2, 0.25) is 5.02 Å². The molecule has 0 bridgehead atoms. The molecule has 0 spiro atoms. The quantitative estimate of drug-likeness (QED) is 0.480. The van der Waals surface area contributed by atoms with Crippen molar-refractivity contribution in [1.82, 2.24) is 0 Å². The minimum atomic E-state index is -0.0977. The zero-order valence-corrected chi connectivity index (χ0v) is 15.9. The average molecular weight is 379 g/mol. The molecule has 3 aromatic rings. The van der Waals surface area contributed by atoms with Crippen LogP contribution in [0.15, 0.2) is 78.9 Å². The Balaban J connectivity index is 1.71. The molecular weight excluding hydrogens is 356 g/mol. The molecule has 3 rings (SSSR count). The van der Waals surface area contributed by atoms with Crippen LogP contribution in [-0.2, 0) is 12.8 Å². The van der Waals surface area contributed by atoms with Crippen molar-refractivity contribution in [2.75, 3.05) is 0 Å². The molecule has 0 heterocycles. The zero-order chi connectivity index (χ0) is 19.1. The monoisotopic (exact) mass is 378 g/mol. The summed E-state index contributed by atoms with van der Waals surface area (Å²) >= 11 is 5.98. The molecule has 138 valence electrons. The van der Waals surface area contributed by atoms with E-state index in [0.29, 0.717) is 17.0 Å². The van der Waals surface area contributed by atoms with Crippen LogP contribution in [0.4, 0.5) is 0 Å². The minimum absolute atomic E-state index is 0.0977. The molecule has 1 N–H and O–H groups in total. The van der Waals surface area contributed by atoms with Gasteiger partial charge in [0.1, 0.15) is 5.75 Å². The molecule has 0 aliphatic heterocycles. The minimum Gasteiger partial charge on any atom is -0.508 e. The van der Waals surface area contributed by atoms with Gasteiger partial charge in [0, 0.05) is 16.5 Å². The third-order valence-corrected chi connectivity index (χ3v) is 5.03. The maximum atomic E-state index is 13.1. The number of benzene rings is 3. The summed E-state index contributed by atoms with van der Waals surface area (Å²) in [6.45, 7) is 0. The summed E-state index contributed by atoms with van der Waals surface area (Å²) in [6, 6.07) is 24.6. The summed E-state index contributed by atoms with van der Waals surface area (Å²) in [6.07, 6.45) is 3.41. The van der Waals surface area contributed by atoms with E-state index >= 15 is 0 Å². The average Bonchev–Trinajstić information content (AvgIpc) is 2.70. The number of carbonyl (C=O) groups is 1. The molecule has 0 aliphatic rings. The van der Waals surface area contributed by atoms with Crippen molar-refractivity contribution in [1.29, 1.82) is 0 Å². The molecule has 27 heavy (non-hydrogen) atoms. The topological polar surface area (TPSA) is 37.3 Å². The predicted molar refractivity (Wildman–Crippen MR) is 110 cm³/mol. The molecule has 0 aliphatic carbocycles. The highest BCUT2D eigenvalue weighted by molar-refractivity contribution is 6.30. The van der Waals surface area contributed by atoms with E-state index in [1.807, 2.05) is 42.5 Å². The Hall–Kier alpha value is -2.58. The van der Waals surface area contributed by atoms with Gasteiger partial charge in [0.2, 0.25) is 0 Å². The van der Waals surface area contributed by atoms with Crippen molar-refractivity contribution in [3.63, 3.8) is 0 Å². The first-order valence-corrected chi connectivity index (χ1v) is 9.61. The molecule has 3 heteroatoms. The summed E-state index contributed by atoms with van der Waals surface area (Å²) in [4.78, 5) is 13.1. The standard InChI is InChI=1S/C24H23ClO2/c25-22-13-9-19(10-14-22)17-21(8-4-7-18-5-2-1-3-6-18)24(27)20-11-15-23(26)16-12-20/h1-3,5-6,9-16,21,26H,4,7-8,17H2. The Labute approximate surface area is 165 Å². The Morgan fingerprint density at radius 3 is 2.19 bits per heavy atom. The van der Waals surface area contributed by atoms with Gasteiger partial charge in [0.15, 0.2) is 5.78 Å². The van der Waals surface area contributed by atoms with E-state index in [2.05, 4.69) is 12.1 Å². The van der Waals surface area contributed by atoms with Crippen LogP contribution in [0.1, 0.15) is 34.3 Å². The number of carbonyl (C=O) groups excluding carboxylic acids is 1. The number of hydrogen-bond donors (Lipinski definition) is 1. The number of Topliss-reactive ketones (excluding diaryl/α,β-unsaturated/α-hetero) is 1. The molecule has 1 atom stereocenters. The lowest BCUT2D eigenvalue weighted by Crippen LogP contribution is -2.18. The van der Waals surface area contributed by atoms with Crippen molar-refractivity contribution in [3.05, 3.63) is 101 Å². The maximum Gasteiger partial charge on any atom is 0.166 e. The molecule has 0 saturated heterocycles. The van der Waals surface area contributed by atoms with Crippen LogP contribution in [0.25, 0.3) is 0 Å². The number of rotatable bonds is 8. The third kappa shape index (κ3) is 5.70. The number of phenols is 1. The lowest BCUT2D eigenvalue weighted by Gasteiger charge is -2.16. The van der Waals surface area contributed by atoms with E-state index < -0.39 is 0 Å². The highest BCUT2D eigenvalue weighted by Gasteiger charge is 2.20. The van der Waals surface area contributed by atoms with Gasteiger partial charge < -0.3 is 5.11 Å². The fourth-order valence-corrected chi connectivity index (χ4v) is 3.42. The van der Waals surface area contributed by atoms with Crippen molar-refractivity contribution >= 4 is 17.4 Å². The Morgan fingerprint density at radius 1 is 0.852 bits per heavy atom. The molecular formula is C24H23ClO2. The Bertz CT molecular complexity index is 855. The van der Waals surface area contributed by atoms with E-state index in [-0.39, 0.29) is 17.5 Å². The highest BCUT2D eigenvalue weighted by atomic mass is 35.5. The summed E-state index contributed by atoms with van der Waals surface area (Å²) in [5, 5.41) is 10.2. The molecule has 0 amide bonds. The molecule has 0 aromatic heterocycles. The number of aromatic hydroxyl groups is 1. The lowest BCUT2D eigenvalue weighted by atomic mass is 9.87. The number of hydrogen-bond acceptors (Lipinski definition) is 2. The smallest absolute Gasteiger partial charge is 0.166 e. The van der Waals surface area contributed by atoms with Crippen LogP contribution in [0, 0.1) is 5.92 Å². The fourth-order valence-electron chi connectivity index (χ4n) is 3.29. The van der Waals surface area contributed by atoms with Crippen molar-refractivity contribution in [3.8, 4) is 5.75 Å². The van der Waals surface area contributed by atoms with Gasteiger partial charge in [0.05, 0.1) is 0 Å². The lowest BCUT2D eigenvalue weighted by molar-refractivity contribution is 0.0911. The van der Waals surface area contributed by atoms with E-state index in [0.717, 1.165) is 24.8 Å². The number of halogens is 1. The SMILES string of the molecule is O=C(c1ccc(O)cc1)C(CCCc1ccccc1)Cc1ccc(Cl)cc1. The van der Waals surface area contributed by atoms with Gasteiger partial charge in [-0.2, -0.15) is 0 Å². The van der Waals surface area contributed by atoms with Gasteiger partial charge in [-0.3, -0.25) is 4.79 Å². The van der Waals surface area contributed by atoms with Gasteiger partial charge in [0.25, 0.3) is 0 Å². The van der Waals surface area contributed by atoms with E-state index in [9.17, 15) is 9.90 Å². The Kier molecular flexibility index (Phi) is 6.67. The fraction of sp³-hybridized carbons (Fsp3) is 0.208. The second-order valence-electron chi connectivity index (χ2n) is 6.82. The molecule has 0 saturated carbocycles. The normalized spacial score (nSPS) is 11.9. The molecule has 0 fully saturated rings. The van der Waals surface area contributed by atoms with Crippen LogP contribution in [-0.4, -0.2) is 10.9 Å². The second kappa shape index (κ2) is 9.38. The molecule has 3 aromatic carbocycles. The summed E-state index contributed by atoms with van der Waals surface area (Å²) in [5.74, 6) is 0.197. The molecule has 2 nitrogen and oxygen atoms in total. The van der Waals surface area contributed by atoms with Gasteiger partial charge in [-0.1, -0.05) is 54.1 Å². The van der Waals surface area contributed by atoms with Gasteiger partial charge in [-0.05, 0) is 73.2 Å². The van der Waals surface area contributed by atoms with Crippen LogP contribution >= 0.6 is 11.6 Å². The van der Waals surface area contributed by atoms with Crippen molar-refractivity contribution < 1.29 is 9.90 Å². The highest BCUT2D eigenvalue weighted by Crippen LogP contribution is 2.23. The van der Waals surface area contributed by atoms with E-state index in [4.69, 9.17) is 11.6 Å². The summed E-state index contributed by atoms with van der Waals surface area (Å²) in [5.41, 5.74) is 3.04. The second-order valence-corrected chi connectivity index (χ2v) is 7.25. The summed E-state index contributed by atoms with van der Waals surface area (Å²) < 4.78 is 0. The first kappa shape index (κ1) is 19.2. The first-order valence-electron chi connectivity index (χ1n) is 9.23. The van der Waals surface area contributed by atoms with E-state index in [1.54, 1.807) is 24.3 Å². The molecule has 0 radical (unpaired) electrons.